The molecule has 0 bridgehead atoms. The van der Waals surface area contributed by atoms with Crippen molar-refractivity contribution in [1.82, 2.24) is 4.57 Å². The van der Waals surface area contributed by atoms with Crippen LogP contribution in [-0.4, -0.2) is 29.5 Å². The summed E-state index contributed by atoms with van der Waals surface area (Å²) in [6.45, 7) is 0.975. The molecule has 33 heavy (non-hydrogen) atoms. The summed E-state index contributed by atoms with van der Waals surface area (Å²) in [5, 5.41) is 4.80. The molecule has 2 aliphatic rings. The molecular weight excluding hydrogens is 436 g/mol. The smallest absolute Gasteiger partial charge is 0.265 e. The Labute approximate surface area is 194 Å². The maximum absolute atomic E-state index is 13.3. The number of hydrogen-bond donors (Lipinski definition) is 1. The highest BCUT2D eigenvalue weighted by molar-refractivity contribution is 7.12. The van der Waals surface area contributed by atoms with Gasteiger partial charge in [0.15, 0.2) is 17.3 Å². The molecule has 7 heteroatoms. The maximum atomic E-state index is 13.3. The third-order valence-electron chi connectivity index (χ3n) is 6.06. The first kappa shape index (κ1) is 19.8. The summed E-state index contributed by atoms with van der Waals surface area (Å²) in [5.41, 5.74) is 4.22. The van der Waals surface area contributed by atoms with Crippen LogP contribution in [0.2, 0.25) is 0 Å². The third-order valence-corrected chi connectivity index (χ3v) is 6.93. The molecule has 1 amide bonds. The number of hydrogen-bond acceptors (Lipinski definition) is 5. The number of fused-ring (bicyclic) bond motifs is 4. The van der Waals surface area contributed by atoms with Gasteiger partial charge in [-0.1, -0.05) is 18.2 Å². The number of amides is 1. The lowest BCUT2D eigenvalue weighted by atomic mass is 9.90. The second-order valence-electron chi connectivity index (χ2n) is 8.05. The van der Waals surface area contributed by atoms with Gasteiger partial charge in [-0.2, -0.15) is 0 Å². The lowest BCUT2D eigenvalue weighted by Crippen LogP contribution is -2.16. The van der Waals surface area contributed by atoms with Crippen molar-refractivity contribution in [3.63, 3.8) is 0 Å². The molecule has 2 aromatic carbocycles. The largest absolute Gasteiger partial charge is 0.486 e. The Bertz CT molecular complexity index is 1360. The van der Waals surface area contributed by atoms with Gasteiger partial charge in [-0.3, -0.25) is 9.59 Å². The minimum atomic E-state index is -0.125. The Hall–Kier alpha value is -3.84. The number of carbonyl (C=O) groups is 2. The zero-order chi connectivity index (χ0) is 22.4. The zero-order valence-electron chi connectivity index (χ0n) is 17.6. The topological polar surface area (TPSA) is 69.6 Å². The van der Waals surface area contributed by atoms with E-state index in [-0.39, 0.29) is 17.6 Å². The van der Waals surface area contributed by atoms with Crippen molar-refractivity contribution in [1.29, 1.82) is 0 Å². The molecule has 0 radical (unpaired) electrons. The molecule has 6 rings (SSSR count). The van der Waals surface area contributed by atoms with Crippen LogP contribution in [0, 0.1) is 0 Å². The first-order chi connectivity index (χ1) is 16.2. The number of ketones is 1. The summed E-state index contributed by atoms with van der Waals surface area (Å²) in [4.78, 5) is 26.3. The highest BCUT2D eigenvalue weighted by Crippen LogP contribution is 2.41. The number of Topliss-reactive ketones (excluding diaryl/α,β-unsaturated/α-hetero) is 1. The molecule has 1 atom stereocenters. The monoisotopic (exact) mass is 456 g/mol. The molecule has 4 heterocycles. The molecular formula is C26H20N2O4S. The lowest BCUT2D eigenvalue weighted by Gasteiger charge is -2.21. The fourth-order valence-electron chi connectivity index (χ4n) is 4.49. The second kappa shape index (κ2) is 7.94. The highest BCUT2D eigenvalue weighted by Gasteiger charge is 2.30. The minimum absolute atomic E-state index is 0.0609. The average Bonchev–Trinajstić information content (AvgIpc) is 3.53. The van der Waals surface area contributed by atoms with Crippen molar-refractivity contribution in [2.75, 3.05) is 18.5 Å². The molecule has 0 saturated heterocycles. The van der Waals surface area contributed by atoms with Crippen LogP contribution in [0.4, 0.5) is 5.69 Å². The Balaban J connectivity index is 1.33. The van der Waals surface area contributed by atoms with Crippen LogP contribution in [-0.2, 0) is 0 Å². The van der Waals surface area contributed by atoms with Gasteiger partial charge in [-0.15, -0.1) is 11.3 Å². The SMILES string of the molecule is O=C(Nc1ccc([C@@H]2CC(=O)c3cc4c(cc3-n3cccc32)OCCO4)cc1)c1cccs1. The summed E-state index contributed by atoms with van der Waals surface area (Å²) in [6.07, 6.45) is 2.32. The van der Waals surface area contributed by atoms with Crippen molar-refractivity contribution in [2.45, 2.75) is 12.3 Å². The number of aromatic nitrogens is 1. The Morgan fingerprint density at radius 1 is 1.00 bits per heavy atom. The Morgan fingerprint density at radius 2 is 1.79 bits per heavy atom. The fraction of sp³-hybridized carbons (Fsp3) is 0.154. The molecule has 2 aliphatic heterocycles. The summed E-state index contributed by atoms with van der Waals surface area (Å²) >= 11 is 1.40. The van der Waals surface area contributed by atoms with Gasteiger partial charge in [0.25, 0.3) is 5.91 Å². The number of anilines is 1. The van der Waals surface area contributed by atoms with E-state index in [4.69, 9.17) is 9.47 Å². The number of ether oxygens (including phenoxy) is 2. The Kier molecular flexibility index (Phi) is 4.77. The van der Waals surface area contributed by atoms with Crippen molar-refractivity contribution < 1.29 is 19.1 Å². The van der Waals surface area contributed by atoms with E-state index >= 15 is 0 Å². The van der Waals surface area contributed by atoms with E-state index in [0.29, 0.717) is 41.6 Å². The second-order valence-corrected chi connectivity index (χ2v) is 9.00. The molecule has 0 unspecified atom stereocenters. The van der Waals surface area contributed by atoms with Crippen LogP contribution < -0.4 is 14.8 Å². The normalized spacial score (nSPS) is 16.5. The van der Waals surface area contributed by atoms with Crippen molar-refractivity contribution in [2.24, 2.45) is 0 Å². The average molecular weight is 457 g/mol. The molecule has 1 N–H and O–H groups in total. The first-order valence-corrected chi connectivity index (χ1v) is 11.6. The van der Waals surface area contributed by atoms with Crippen LogP contribution in [0.3, 0.4) is 0 Å². The molecule has 0 aliphatic carbocycles. The van der Waals surface area contributed by atoms with Crippen molar-refractivity contribution in [3.8, 4) is 17.2 Å². The predicted octanol–water partition coefficient (Wildman–Crippen LogP) is 5.28. The first-order valence-electron chi connectivity index (χ1n) is 10.8. The van der Waals surface area contributed by atoms with E-state index in [2.05, 4.69) is 16.0 Å². The summed E-state index contributed by atoms with van der Waals surface area (Å²) < 4.78 is 13.5. The van der Waals surface area contributed by atoms with Gasteiger partial charge in [0.2, 0.25) is 0 Å². The van der Waals surface area contributed by atoms with Crippen molar-refractivity contribution >= 4 is 28.7 Å². The van der Waals surface area contributed by atoms with Gasteiger partial charge in [-0.25, -0.2) is 0 Å². The number of nitrogens with one attached hydrogen (secondary N) is 1. The van der Waals surface area contributed by atoms with Gasteiger partial charge >= 0.3 is 0 Å². The van der Waals surface area contributed by atoms with Gasteiger partial charge in [-0.05, 0) is 47.3 Å². The van der Waals surface area contributed by atoms with Gasteiger partial charge in [0, 0.05) is 41.5 Å². The molecule has 0 spiro atoms. The summed E-state index contributed by atoms with van der Waals surface area (Å²) in [7, 11) is 0. The van der Waals surface area contributed by atoms with E-state index in [0.717, 1.165) is 22.6 Å². The molecule has 164 valence electrons. The number of benzene rings is 2. The van der Waals surface area contributed by atoms with Crippen LogP contribution in [0.1, 0.15) is 43.6 Å². The van der Waals surface area contributed by atoms with Gasteiger partial charge < -0.3 is 19.4 Å². The van der Waals surface area contributed by atoms with Crippen LogP contribution in [0.25, 0.3) is 5.69 Å². The standard InChI is InChI=1S/C26H20N2O4S/c29-22-13-18(16-5-7-17(8-6-16)27-26(30)25-4-2-12-33-25)20-3-1-9-28(20)21-15-24-23(14-19(21)22)31-10-11-32-24/h1-9,12,14-15,18H,10-11,13H2,(H,27,30)/t18-/m0/s1. The van der Waals surface area contributed by atoms with Crippen LogP contribution >= 0.6 is 11.3 Å². The number of rotatable bonds is 3. The van der Waals surface area contributed by atoms with E-state index in [1.807, 2.05) is 60.1 Å². The summed E-state index contributed by atoms with van der Waals surface area (Å²) in [6, 6.07) is 19.1. The summed E-state index contributed by atoms with van der Waals surface area (Å²) in [5.74, 6) is 1.11. The number of carbonyl (C=O) groups excluding carboxylic acids is 2. The molecule has 4 aromatic rings. The van der Waals surface area contributed by atoms with E-state index in [1.165, 1.54) is 11.3 Å². The number of nitrogens with zero attached hydrogens (tertiary/aromatic N) is 1. The van der Waals surface area contributed by atoms with Gasteiger partial charge in [0.05, 0.1) is 10.6 Å². The van der Waals surface area contributed by atoms with E-state index < -0.39 is 0 Å². The number of thiophene rings is 1. The van der Waals surface area contributed by atoms with Crippen LogP contribution in [0.15, 0.2) is 72.2 Å². The molecule has 0 fully saturated rings. The lowest BCUT2D eigenvalue weighted by molar-refractivity contribution is 0.0977. The molecule has 6 nitrogen and oxygen atoms in total. The van der Waals surface area contributed by atoms with Gasteiger partial charge in [0.1, 0.15) is 13.2 Å². The fourth-order valence-corrected chi connectivity index (χ4v) is 5.10. The highest BCUT2D eigenvalue weighted by atomic mass is 32.1. The third kappa shape index (κ3) is 3.50. The zero-order valence-corrected chi connectivity index (χ0v) is 18.4. The molecule has 2 aromatic heterocycles. The Morgan fingerprint density at radius 3 is 2.55 bits per heavy atom. The van der Waals surface area contributed by atoms with E-state index in [9.17, 15) is 9.59 Å². The van der Waals surface area contributed by atoms with E-state index in [1.54, 1.807) is 6.07 Å². The molecule has 0 saturated carbocycles. The van der Waals surface area contributed by atoms with Crippen LogP contribution in [0.5, 0.6) is 11.5 Å². The quantitative estimate of drug-likeness (QED) is 0.455. The predicted molar refractivity (Wildman–Crippen MR) is 126 cm³/mol. The minimum Gasteiger partial charge on any atom is -0.486 e. The van der Waals surface area contributed by atoms with Crippen molar-refractivity contribution in [3.05, 3.63) is 93.9 Å². The maximum Gasteiger partial charge on any atom is 0.265 e.